The van der Waals surface area contributed by atoms with Gasteiger partial charge in [-0.25, -0.2) is 9.98 Å². The number of nitrogens with one attached hydrogen (secondary N) is 1. The molecule has 2 atom stereocenters. The third-order valence-corrected chi connectivity index (χ3v) is 11.3. The van der Waals surface area contributed by atoms with Crippen molar-refractivity contribution in [2.24, 2.45) is 20.9 Å². The van der Waals surface area contributed by atoms with Crippen LogP contribution in [0.5, 0.6) is 0 Å². The molecule has 0 saturated heterocycles. The molecule has 2 aliphatic heterocycles. The normalized spacial score (nSPS) is 21.8. The summed E-state index contributed by atoms with van der Waals surface area (Å²) in [5.41, 5.74) is 11.2. The highest BCUT2D eigenvalue weighted by Crippen LogP contribution is 2.62. The molecule has 0 bridgehead atoms. The fourth-order valence-electron chi connectivity index (χ4n) is 8.38. The fourth-order valence-corrected chi connectivity index (χ4v) is 8.38. The maximum Gasteiger partial charge on any atom is 0.157 e. The molecule has 1 N–H and O–H groups in total. The second-order valence-electron chi connectivity index (χ2n) is 14.6. The zero-order valence-corrected chi connectivity index (χ0v) is 34.9. The van der Waals surface area contributed by atoms with Gasteiger partial charge in [-0.15, -0.1) is 0 Å². The van der Waals surface area contributed by atoms with Crippen molar-refractivity contribution in [3.8, 4) is 11.1 Å². The Bertz CT molecular complexity index is 2430. The van der Waals surface area contributed by atoms with Crippen molar-refractivity contribution in [2.75, 3.05) is 0 Å². The van der Waals surface area contributed by atoms with Crippen molar-refractivity contribution in [1.82, 2.24) is 0 Å². The Hall–Kier alpha value is -6.46. The van der Waals surface area contributed by atoms with Crippen LogP contribution in [0.3, 0.4) is 0 Å². The van der Waals surface area contributed by atoms with Gasteiger partial charge in [0.1, 0.15) is 17.4 Å². The van der Waals surface area contributed by atoms with Crippen LogP contribution in [0.25, 0.3) is 11.1 Å². The first kappa shape index (κ1) is 41.2. The zero-order chi connectivity index (χ0) is 41.4. The van der Waals surface area contributed by atoms with E-state index in [4.69, 9.17) is 19.7 Å². The smallest absolute Gasteiger partial charge is 0.157 e. The summed E-state index contributed by atoms with van der Waals surface area (Å²) < 4.78 is 7.17. The average Bonchev–Trinajstić information content (AvgIpc) is 3.54. The number of rotatable bonds is 10. The zero-order valence-electron chi connectivity index (χ0n) is 34.9. The summed E-state index contributed by atoms with van der Waals surface area (Å²) in [6.45, 7) is 23.3. The van der Waals surface area contributed by atoms with Gasteiger partial charge in [-0.2, -0.15) is 0 Å². The summed E-state index contributed by atoms with van der Waals surface area (Å²) in [7, 11) is 0. The number of dihydropyridines is 1. The van der Waals surface area contributed by atoms with Gasteiger partial charge in [-0.05, 0) is 105 Å². The Morgan fingerprint density at radius 1 is 0.931 bits per heavy atom. The second kappa shape index (κ2) is 18.2. The van der Waals surface area contributed by atoms with E-state index in [1.54, 1.807) is 0 Å². The van der Waals surface area contributed by atoms with Gasteiger partial charge in [0.05, 0.1) is 17.0 Å². The van der Waals surface area contributed by atoms with Gasteiger partial charge in [0, 0.05) is 35.9 Å². The highest BCUT2D eigenvalue weighted by molar-refractivity contribution is 6.09. The molecule has 0 amide bonds. The van der Waals surface area contributed by atoms with Crippen LogP contribution in [-0.4, -0.2) is 30.1 Å². The maximum absolute atomic E-state index is 9.56. The van der Waals surface area contributed by atoms with Crippen molar-refractivity contribution in [3.05, 3.63) is 214 Å². The standard InChI is InChI=1S/C53H54N4O/c1-10-15-16-17-32-48(56-34-39(12-3)36(7)35(6)24-11-2)57-52(54)38(9)51-45(14-5)53(46-30-20-18-27-42(46)43-28-19-21-31-47(43)53)44(13-4)50(58-51)37(8)41-29-22-25-40-26-23-33-55-49(40)41/h10-31,33-34,40,49,54H,5,9,32H2,1-4,6-8H3/b15-10-,17-16-,24-11-,36-35+,39-12-,44-13+,50-37-,54-52?,56-34+,57-48-. The molecule has 0 fully saturated rings. The third kappa shape index (κ3) is 7.53. The lowest BCUT2D eigenvalue weighted by atomic mass is 9.63. The van der Waals surface area contributed by atoms with Crippen molar-refractivity contribution in [1.29, 1.82) is 5.41 Å². The van der Waals surface area contributed by atoms with E-state index in [9.17, 15) is 5.41 Å². The van der Waals surface area contributed by atoms with E-state index in [0.717, 1.165) is 61.3 Å². The summed E-state index contributed by atoms with van der Waals surface area (Å²) >= 11 is 0. The van der Waals surface area contributed by atoms with Crippen LogP contribution in [-0.2, 0) is 10.2 Å². The first-order chi connectivity index (χ1) is 28.2. The minimum absolute atomic E-state index is 0.0436. The molecule has 6 rings (SSSR count). The number of amidine groups is 2. The summed E-state index contributed by atoms with van der Waals surface area (Å²) in [5, 5.41) is 9.56. The summed E-state index contributed by atoms with van der Waals surface area (Å²) in [6.07, 6.45) is 32.9. The number of benzene rings is 2. The molecule has 5 heteroatoms. The van der Waals surface area contributed by atoms with Crippen LogP contribution in [0.15, 0.2) is 218 Å². The molecule has 1 spiro atoms. The first-order valence-electron chi connectivity index (χ1n) is 20.0. The lowest BCUT2D eigenvalue weighted by Crippen LogP contribution is -2.37. The lowest BCUT2D eigenvalue weighted by Gasteiger charge is -2.43. The third-order valence-electron chi connectivity index (χ3n) is 11.3. The van der Waals surface area contributed by atoms with Gasteiger partial charge in [0.2, 0.25) is 0 Å². The van der Waals surface area contributed by atoms with Crippen molar-refractivity contribution in [3.63, 3.8) is 0 Å². The minimum Gasteiger partial charge on any atom is -0.456 e. The Balaban J connectivity index is 1.57. The van der Waals surface area contributed by atoms with E-state index in [2.05, 4.69) is 126 Å². The molecular weight excluding hydrogens is 709 g/mol. The van der Waals surface area contributed by atoms with Crippen LogP contribution < -0.4 is 0 Å². The Morgan fingerprint density at radius 3 is 2.26 bits per heavy atom. The average molecular weight is 763 g/mol. The molecule has 58 heavy (non-hydrogen) atoms. The van der Waals surface area contributed by atoms with E-state index < -0.39 is 5.41 Å². The summed E-state index contributed by atoms with van der Waals surface area (Å²) in [4.78, 5) is 14.7. The first-order valence-corrected chi connectivity index (χ1v) is 20.0. The van der Waals surface area contributed by atoms with Gasteiger partial charge in [0.25, 0.3) is 0 Å². The second-order valence-corrected chi connectivity index (χ2v) is 14.6. The van der Waals surface area contributed by atoms with E-state index in [-0.39, 0.29) is 17.8 Å². The highest BCUT2D eigenvalue weighted by Gasteiger charge is 2.53. The molecule has 5 nitrogen and oxygen atoms in total. The lowest BCUT2D eigenvalue weighted by molar-refractivity contribution is 0.289. The number of aliphatic imine (C=N–C) groups is 3. The van der Waals surface area contributed by atoms with Crippen molar-refractivity contribution < 1.29 is 4.74 Å². The van der Waals surface area contributed by atoms with E-state index in [1.807, 2.05) is 81.8 Å². The van der Waals surface area contributed by atoms with E-state index in [1.165, 1.54) is 0 Å². The largest absolute Gasteiger partial charge is 0.456 e. The van der Waals surface area contributed by atoms with Crippen LogP contribution in [0, 0.1) is 11.3 Å². The van der Waals surface area contributed by atoms with Crippen LogP contribution in [0.4, 0.5) is 0 Å². The van der Waals surface area contributed by atoms with Crippen LogP contribution in [0.1, 0.15) is 66.0 Å². The van der Waals surface area contributed by atoms with Crippen molar-refractivity contribution in [2.45, 2.75) is 66.3 Å². The summed E-state index contributed by atoms with van der Waals surface area (Å²) in [5.74, 6) is 1.74. The van der Waals surface area contributed by atoms with Crippen LogP contribution >= 0.6 is 0 Å². The quantitative estimate of drug-likeness (QED) is 0.146. The van der Waals surface area contributed by atoms with Crippen LogP contribution in [0.2, 0.25) is 0 Å². The van der Waals surface area contributed by atoms with Crippen molar-refractivity contribution >= 4 is 24.1 Å². The predicted octanol–water partition coefficient (Wildman–Crippen LogP) is 13.1. The van der Waals surface area contributed by atoms with E-state index in [0.29, 0.717) is 29.3 Å². The number of fused-ring (bicyclic) bond motifs is 6. The maximum atomic E-state index is 9.56. The van der Waals surface area contributed by atoms with Gasteiger partial charge in [0.15, 0.2) is 5.84 Å². The van der Waals surface area contributed by atoms with E-state index >= 15 is 0 Å². The van der Waals surface area contributed by atoms with Gasteiger partial charge in [-0.3, -0.25) is 10.4 Å². The highest BCUT2D eigenvalue weighted by atomic mass is 16.5. The van der Waals surface area contributed by atoms with Gasteiger partial charge < -0.3 is 4.74 Å². The Labute approximate surface area is 345 Å². The predicted molar refractivity (Wildman–Crippen MR) is 248 cm³/mol. The number of hydrogen-bond acceptors (Lipinski definition) is 3. The van der Waals surface area contributed by atoms with Gasteiger partial charge in [-0.1, -0.05) is 141 Å². The molecule has 2 heterocycles. The molecule has 292 valence electrons. The SMILES string of the molecule is C=CC1=C(C(=C)C(=N)\N=C(C/C=C\C=C/C)/N=C/C(=C/C)C(/C)=C(C)/C=C\C)OC(=C(/C)C2=CC=CC3C=CC=NC23)/C(=C\C)C12c1ccccc1-c1ccccc12. The Kier molecular flexibility index (Phi) is 12.9. The number of nitrogens with zero attached hydrogens (tertiary/aromatic N) is 3. The number of hydrogen-bond donors (Lipinski definition) is 1. The molecule has 0 radical (unpaired) electrons. The number of allylic oxidation sites excluding steroid dienone is 16. The molecule has 2 aromatic rings. The molecule has 2 aromatic carbocycles. The monoisotopic (exact) mass is 762 g/mol. The molecular formula is C53H54N4O. The molecule has 0 saturated carbocycles. The minimum atomic E-state index is -0.813. The molecule has 2 aliphatic carbocycles. The fraction of sp³-hybridized carbons (Fsp3) is 0.208. The molecule has 4 aliphatic rings. The molecule has 2 unspecified atom stereocenters. The summed E-state index contributed by atoms with van der Waals surface area (Å²) in [6, 6.07) is 17.1. The topological polar surface area (TPSA) is 70.2 Å². The van der Waals surface area contributed by atoms with Gasteiger partial charge >= 0.3 is 0 Å². The number of ether oxygens (including phenoxy) is 1. The Morgan fingerprint density at radius 2 is 1.62 bits per heavy atom. The molecule has 0 aromatic heterocycles.